The van der Waals surface area contributed by atoms with E-state index in [0.717, 1.165) is 6.42 Å². The Morgan fingerprint density at radius 2 is 2.12 bits per heavy atom. The zero-order valence-corrected chi connectivity index (χ0v) is 19.4. The first-order valence-corrected chi connectivity index (χ1v) is 11.8. The van der Waals surface area contributed by atoms with Crippen molar-refractivity contribution in [3.8, 4) is 17.1 Å². The lowest BCUT2D eigenvalue weighted by Gasteiger charge is -2.34. The first kappa shape index (κ1) is 24.4. The molecule has 0 radical (unpaired) electrons. The van der Waals surface area contributed by atoms with Crippen LogP contribution in [0.4, 0.5) is 19.0 Å². The number of hydrogen-bond donors (Lipinski definition) is 0. The van der Waals surface area contributed by atoms with Crippen molar-refractivity contribution in [3.05, 3.63) is 30.6 Å². The number of morpholine rings is 1. The maximum absolute atomic E-state index is 13.0. The molecular formula is C21H24F3N5O4S. The second-order valence-corrected chi connectivity index (χ2v) is 8.77. The van der Waals surface area contributed by atoms with E-state index in [-0.39, 0.29) is 23.9 Å². The maximum atomic E-state index is 13.0. The molecule has 4 rings (SSSR count). The molecule has 0 bridgehead atoms. The molecule has 0 spiro atoms. The highest BCUT2D eigenvalue weighted by Gasteiger charge is 2.40. The average molecular weight is 500 g/mol. The first-order valence-electron chi connectivity index (χ1n) is 10.7. The van der Waals surface area contributed by atoms with Gasteiger partial charge < -0.3 is 18.6 Å². The number of pyridine rings is 2. The molecule has 34 heavy (non-hydrogen) atoms. The average Bonchev–Trinajstić information content (AvgIpc) is 3.27. The number of nitrogens with zero attached hydrogens (tertiary/aromatic N) is 5. The Balaban J connectivity index is 1.85. The number of hydrogen-bond acceptors (Lipinski definition) is 8. The SMILES string of the molecule is CCCOCn1nccc1-c1nccc2c(OS(=O)C(F)(F)F)cc(N3CCOCC3C)nc12. The summed E-state index contributed by atoms with van der Waals surface area (Å²) in [4.78, 5) is 11.1. The molecule has 184 valence electrons. The van der Waals surface area contributed by atoms with E-state index in [1.165, 1.54) is 18.3 Å². The highest BCUT2D eigenvalue weighted by atomic mass is 32.2. The largest absolute Gasteiger partial charge is 0.508 e. The van der Waals surface area contributed by atoms with Crippen molar-refractivity contribution in [2.24, 2.45) is 0 Å². The Morgan fingerprint density at radius 1 is 1.29 bits per heavy atom. The van der Waals surface area contributed by atoms with E-state index in [1.54, 1.807) is 16.9 Å². The van der Waals surface area contributed by atoms with Crippen molar-refractivity contribution in [3.63, 3.8) is 0 Å². The second kappa shape index (κ2) is 10.2. The smallest absolute Gasteiger partial charge is 0.393 e. The summed E-state index contributed by atoms with van der Waals surface area (Å²) in [6.45, 7) is 5.99. The summed E-state index contributed by atoms with van der Waals surface area (Å²) in [6, 6.07) is 4.50. The highest BCUT2D eigenvalue weighted by Crippen LogP contribution is 2.36. The van der Waals surface area contributed by atoms with Crippen molar-refractivity contribution >= 4 is 27.8 Å². The molecule has 0 aromatic carbocycles. The monoisotopic (exact) mass is 499 g/mol. The van der Waals surface area contributed by atoms with Crippen LogP contribution in [0, 0.1) is 0 Å². The number of halogens is 3. The number of aromatic nitrogens is 4. The summed E-state index contributed by atoms with van der Waals surface area (Å²) in [5, 5.41) is 4.51. The lowest BCUT2D eigenvalue weighted by Crippen LogP contribution is -2.44. The van der Waals surface area contributed by atoms with Crippen LogP contribution in [0.15, 0.2) is 30.6 Å². The molecular weight excluding hydrogens is 475 g/mol. The zero-order valence-electron chi connectivity index (χ0n) is 18.6. The van der Waals surface area contributed by atoms with Crippen molar-refractivity contribution in [2.45, 2.75) is 38.5 Å². The molecule has 0 N–H and O–H groups in total. The summed E-state index contributed by atoms with van der Waals surface area (Å²) in [5.41, 5.74) is -3.78. The van der Waals surface area contributed by atoms with Crippen molar-refractivity contribution in [1.82, 2.24) is 19.7 Å². The predicted molar refractivity (Wildman–Crippen MR) is 119 cm³/mol. The Labute approximate surface area is 196 Å². The third-order valence-electron chi connectivity index (χ3n) is 5.21. The van der Waals surface area contributed by atoms with Gasteiger partial charge in [0.15, 0.2) is 5.75 Å². The van der Waals surface area contributed by atoms with E-state index >= 15 is 0 Å². The van der Waals surface area contributed by atoms with E-state index in [2.05, 4.69) is 10.1 Å². The molecule has 9 nitrogen and oxygen atoms in total. The van der Waals surface area contributed by atoms with Crippen LogP contribution < -0.4 is 9.08 Å². The van der Waals surface area contributed by atoms with Gasteiger partial charge in [0.25, 0.3) is 0 Å². The number of ether oxygens (including phenoxy) is 2. The van der Waals surface area contributed by atoms with Gasteiger partial charge in [0.05, 0.1) is 24.9 Å². The normalized spacial score (nSPS) is 17.8. The van der Waals surface area contributed by atoms with Crippen LogP contribution in [0.5, 0.6) is 5.75 Å². The molecule has 2 atom stereocenters. The van der Waals surface area contributed by atoms with E-state index in [1.807, 2.05) is 18.7 Å². The minimum Gasteiger partial charge on any atom is -0.393 e. The topological polar surface area (TPSA) is 91.6 Å². The third kappa shape index (κ3) is 5.15. The summed E-state index contributed by atoms with van der Waals surface area (Å²) < 4.78 is 68.5. The highest BCUT2D eigenvalue weighted by molar-refractivity contribution is 7.81. The zero-order chi connectivity index (χ0) is 24.3. The minimum atomic E-state index is -5.03. The molecule has 1 aliphatic heterocycles. The third-order valence-corrected chi connectivity index (χ3v) is 5.92. The van der Waals surface area contributed by atoms with Crippen LogP contribution in [-0.2, 0) is 27.3 Å². The molecule has 1 saturated heterocycles. The van der Waals surface area contributed by atoms with Crippen molar-refractivity contribution < 1.29 is 31.0 Å². The standard InChI is InChI=1S/C21H24F3N5O4S/c1-3-9-32-13-29-16(5-7-26-29)20-19-15(4-6-25-20)17(33-34(30)21(22,23)24)11-18(27-19)28-8-10-31-12-14(28)2/h4-7,11,14H,3,8-10,12-13H2,1-2H3. The van der Waals surface area contributed by atoms with Crippen LogP contribution >= 0.6 is 0 Å². The van der Waals surface area contributed by atoms with E-state index in [9.17, 15) is 17.4 Å². The summed E-state index contributed by atoms with van der Waals surface area (Å²) >= 11 is -3.55. The van der Waals surface area contributed by atoms with E-state index in [0.29, 0.717) is 49.1 Å². The van der Waals surface area contributed by atoms with Crippen LogP contribution in [0.2, 0.25) is 0 Å². The van der Waals surface area contributed by atoms with Crippen LogP contribution in [0.1, 0.15) is 20.3 Å². The van der Waals surface area contributed by atoms with Gasteiger partial charge in [-0.05, 0) is 25.5 Å². The maximum Gasteiger partial charge on any atom is 0.508 e. The van der Waals surface area contributed by atoms with Crippen molar-refractivity contribution in [2.75, 3.05) is 31.3 Å². The van der Waals surface area contributed by atoms with Crippen LogP contribution in [-0.4, -0.2) is 61.9 Å². The van der Waals surface area contributed by atoms with E-state index < -0.39 is 16.6 Å². The number of anilines is 1. The van der Waals surface area contributed by atoms with Gasteiger partial charge in [-0.3, -0.25) is 4.98 Å². The minimum absolute atomic E-state index is 0.0762. The van der Waals surface area contributed by atoms with Crippen LogP contribution in [0.25, 0.3) is 22.3 Å². The fourth-order valence-electron chi connectivity index (χ4n) is 3.64. The summed E-state index contributed by atoms with van der Waals surface area (Å²) in [5.74, 6) is 0.173. The predicted octanol–water partition coefficient (Wildman–Crippen LogP) is 3.66. The Bertz CT molecular complexity index is 1170. The molecule has 0 aliphatic carbocycles. The Hall–Kier alpha value is -2.77. The Kier molecular flexibility index (Phi) is 7.33. The molecule has 1 fully saturated rings. The quantitative estimate of drug-likeness (QED) is 0.434. The lowest BCUT2D eigenvalue weighted by atomic mass is 10.1. The number of alkyl halides is 3. The van der Waals surface area contributed by atoms with Gasteiger partial charge in [0.1, 0.15) is 23.8 Å². The molecule has 0 amide bonds. The molecule has 4 heterocycles. The molecule has 2 unspecified atom stereocenters. The summed E-state index contributed by atoms with van der Waals surface area (Å²) in [7, 11) is 0. The lowest BCUT2D eigenvalue weighted by molar-refractivity contribution is -0.0437. The van der Waals surface area contributed by atoms with Gasteiger partial charge in [0.2, 0.25) is 0 Å². The summed E-state index contributed by atoms with van der Waals surface area (Å²) in [6.07, 6.45) is 3.85. The van der Waals surface area contributed by atoms with Gasteiger partial charge in [-0.2, -0.15) is 18.3 Å². The number of fused-ring (bicyclic) bond motifs is 1. The molecule has 1 aliphatic rings. The first-order chi connectivity index (χ1) is 16.3. The fourth-order valence-corrected chi connectivity index (χ4v) is 4.04. The molecule has 3 aromatic rings. The van der Waals surface area contributed by atoms with Gasteiger partial charge in [-0.1, -0.05) is 6.92 Å². The second-order valence-electron chi connectivity index (χ2n) is 7.67. The van der Waals surface area contributed by atoms with Gasteiger partial charge >= 0.3 is 16.6 Å². The fraction of sp³-hybridized carbons (Fsp3) is 0.476. The van der Waals surface area contributed by atoms with Gasteiger partial charge in [0, 0.05) is 37.0 Å². The molecule has 0 saturated carbocycles. The van der Waals surface area contributed by atoms with Crippen LogP contribution in [0.3, 0.4) is 0 Å². The van der Waals surface area contributed by atoms with E-state index in [4.69, 9.17) is 18.6 Å². The van der Waals surface area contributed by atoms with Gasteiger partial charge in [-0.15, -0.1) is 0 Å². The number of rotatable bonds is 8. The van der Waals surface area contributed by atoms with Crippen molar-refractivity contribution in [1.29, 1.82) is 0 Å². The Morgan fingerprint density at radius 3 is 2.85 bits per heavy atom. The van der Waals surface area contributed by atoms with Gasteiger partial charge in [-0.25, -0.2) is 13.9 Å². The molecule has 13 heteroatoms. The molecule has 3 aromatic heterocycles.